The van der Waals surface area contributed by atoms with Gasteiger partial charge in [0.05, 0.1) is 4.88 Å². The molecule has 0 spiro atoms. The van der Waals surface area contributed by atoms with Crippen molar-refractivity contribution in [1.29, 1.82) is 0 Å². The van der Waals surface area contributed by atoms with Gasteiger partial charge in [0.2, 0.25) is 0 Å². The van der Waals surface area contributed by atoms with E-state index in [1.165, 1.54) is 34.0 Å². The maximum Gasteiger partial charge on any atom is 0.281 e. The number of aryl methyl sites for hydroxylation is 2. The summed E-state index contributed by atoms with van der Waals surface area (Å²) in [5.41, 5.74) is 1.12. The minimum absolute atomic E-state index is 0.00176. The fourth-order valence-corrected chi connectivity index (χ4v) is 4.28. The van der Waals surface area contributed by atoms with Gasteiger partial charge in [-0.1, -0.05) is 0 Å². The smallest absolute Gasteiger partial charge is 0.281 e. The summed E-state index contributed by atoms with van der Waals surface area (Å²) in [4.78, 5) is 16.0. The summed E-state index contributed by atoms with van der Waals surface area (Å²) in [6.07, 6.45) is 0. The topological polar surface area (TPSA) is 60.9 Å². The zero-order valence-electron chi connectivity index (χ0n) is 12.8. The van der Waals surface area contributed by atoms with Crippen LogP contribution in [0.3, 0.4) is 0 Å². The molecule has 118 valence electrons. The van der Waals surface area contributed by atoms with Crippen LogP contribution >= 0.6 is 11.3 Å². The van der Waals surface area contributed by atoms with E-state index in [1.54, 1.807) is 4.90 Å². The molecule has 8 heteroatoms. The first kappa shape index (κ1) is 16.4. The van der Waals surface area contributed by atoms with Crippen molar-refractivity contribution >= 4 is 27.5 Å². The first-order valence-electron chi connectivity index (χ1n) is 6.77. The van der Waals surface area contributed by atoms with Crippen LogP contribution in [0.1, 0.15) is 20.1 Å². The average Bonchev–Trinajstić information content (AvgIpc) is 2.78. The Morgan fingerprint density at radius 1 is 1.19 bits per heavy atom. The molecule has 1 aliphatic rings. The minimum atomic E-state index is -3.39. The highest BCUT2D eigenvalue weighted by Crippen LogP contribution is 2.23. The number of carbonyl (C=O) groups is 1. The average molecular weight is 331 g/mol. The third-order valence-corrected chi connectivity index (χ3v) is 6.77. The molecule has 0 unspecified atom stereocenters. The van der Waals surface area contributed by atoms with Crippen molar-refractivity contribution in [3.8, 4) is 0 Å². The van der Waals surface area contributed by atoms with Gasteiger partial charge in [-0.2, -0.15) is 17.0 Å². The van der Waals surface area contributed by atoms with Gasteiger partial charge in [-0.15, -0.1) is 11.3 Å². The lowest BCUT2D eigenvalue weighted by Gasteiger charge is -2.34. The Bertz CT molecular complexity index is 610. The van der Waals surface area contributed by atoms with Crippen molar-refractivity contribution in [1.82, 2.24) is 13.5 Å². The third kappa shape index (κ3) is 3.28. The number of carbonyl (C=O) groups excluding carboxylic acids is 1. The molecule has 1 fully saturated rings. The zero-order chi connectivity index (χ0) is 15.8. The molecule has 1 aliphatic heterocycles. The summed E-state index contributed by atoms with van der Waals surface area (Å²) < 4.78 is 26.7. The van der Waals surface area contributed by atoms with Gasteiger partial charge in [0.1, 0.15) is 0 Å². The molecule has 0 bridgehead atoms. The largest absolute Gasteiger partial charge is 0.335 e. The van der Waals surface area contributed by atoms with E-state index in [0.717, 1.165) is 15.3 Å². The maximum absolute atomic E-state index is 12.4. The lowest BCUT2D eigenvalue weighted by molar-refractivity contribution is 0.0700. The number of amides is 1. The molecule has 1 aromatic rings. The molecular formula is C13H21N3O3S2. The molecule has 1 amide bonds. The van der Waals surface area contributed by atoms with Gasteiger partial charge in [-0.3, -0.25) is 4.79 Å². The molecule has 0 N–H and O–H groups in total. The van der Waals surface area contributed by atoms with Gasteiger partial charge < -0.3 is 4.90 Å². The fourth-order valence-electron chi connectivity index (χ4n) is 2.19. The quantitative estimate of drug-likeness (QED) is 0.828. The molecule has 1 aromatic heterocycles. The van der Waals surface area contributed by atoms with Crippen LogP contribution in [-0.4, -0.2) is 68.1 Å². The molecule has 0 atom stereocenters. The predicted octanol–water partition coefficient (Wildman–Crippen LogP) is 0.929. The summed E-state index contributed by atoms with van der Waals surface area (Å²) in [6, 6.07) is 1.91. The monoisotopic (exact) mass is 331 g/mol. The summed E-state index contributed by atoms with van der Waals surface area (Å²) in [5, 5.41) is 0. The van der Waals surface area contributed by atoms with Crippen LogP contribution < -0.4 is 0 Å². The van der Waals surface area contributed by atoms with Crippen molar-refractivity contribution in [2.45, 2.75) is 13.8 Å². The maximum atomic E-state index is 12.4. The van der Waals surface area contributed by atoms with Crippen LogP contribution in [0.25, 0.3) is 0 Å². The standard InChI is InChI=1S/C13H21N3O3S2/c1-10-9-12(20-11(10)2)13(17)15-5-7-16(8-6-15)21(18,19)14(3)4/h9H,5-8H2,1-4H3. The Morgan fingerprint density at radius 2 is 1.76 bits per heavy atom. The molecule has 21 heavy (non-hydrogen) atoms. The normalized spacial score (nSPS) is 17.5. The van der Waals surface area contributed by atoms with Gasteiger partial charge in [-0.05, 0) is 25.5 Å². The highest BCUT2D eigenvalue weighted by molar-refractivity contribution is 7.86. The molecule has 0 saturated carbocycles. The van der Waals surface area contributed by atoms with Crippen LogP contribution in [0, 0.1) is 13.8 Å². The molecule has 0 aromatic carbocycles. The first-order chi connectivity index (χ1) is 9.73. The van der Waals surface area contributed by atoms with E-state index in [2.05, 4.69) is 0 Å². The van der Waals surface area contributed by atoms with E-state index >= 15 is 0 Å². The van der Waals surface area contributed by atoms with Crippen LogP contribution in [0.15, 0.2) is 6.07 Å². The highest BCUT2D eigenvalue weighted by atomic mass is 32.2. The Balaban J connectivity index is 2.03. The van der Waals surface area contributed by atoms with Gasteiger partial charge in [0.15, 0.2) is 0 Å². The van der Waals surface area contributed by atoms with Crippen molar-refractivity contribution in [3.63, 3.8) is 0 Å². The lowest BCUT2D eigenvalue weighted by Crippen LogP contribution is -2.52. The second kappa shape index (κ2) is 6.04. The van der Waals surface area contributed by atoms with Gasteiger partial charge in [-0.25, -0.2) is 0 Å². The summed E-state index contributed by atoms with van der Waals surface area (Å²) in [7, 11) is -0.349. The lowest BCUT2D eigenvalue weighted by atomic mass is 10.2. The fraction of sp³-hybridized carbons (Fsp3) is 0.615. The van der Waals surface area contributed by atoms with E-state index in [9.17, 15) is 13.2 Å². The number of hydrogen-bond donors (Lipinski definition) is 0. The number of hydrogen-bond acceptors (Lipinski definition) is 4. The van der Waals surface area contributed by atoms with Gasteiger partial charge in [0.25, 0.3) is 16.1 Å². The summed E-state index contributed by atoms with van der Waals surface area (Å²) in [6.45, 7) is 5.54. The Kier molecular flexibility index (Phi) is 4.72. The third-order valence-electron chi connectivity index (χ3n) is 3.69. The van der Waals surface area contributed by atoms with E-state index in [-0.39, 0.29) is 5.91 Å². The van der Waals surface area contributed by atoms with Gasteiger partial charge >= 0.3 is 0 Å². The molecule has 0 aliphatic carbocycles. The minimum Gasteiger partial charge on any atom is -0.335 e. The van der Waals surface area contributed by atoms with Crippen molar-refractivity contribution in [3.05, 3.63) is 21.4 Å². The highest BCUT2D eigenvalue weighted by Gasteiger charge is 2.30. The Labute approximate surface area is 130 Å². The molecular weight excluding hydrogens is 310 g/mol. The summed E-state index contributed by atoms with van der Waals surface area (Å²) in [5.74, 6) is -0.00176. The zero-order valence-corrected chi connectivity index (χ0v) is 14.4. The van der Waals surface area contributed by atoms with Crippen LogP contribution in [0.4, 0.5) is 0 Å². The molecule has 1 saturated heterocycles. The van der Waals surface area contributed by atoms with E-state index in [0.29, 0.717) is 26.2 Å². The van der Waals surface area contributed by atoms with E-state index in [1.807, 2.05) is 19.9 Å². The molecule has 0 radical (unpaired) electrons. The van der Waals surface area contributed by atoms with E-state index < -0.39 is 10.2 Å². The van der Waals surface area contributed by atoms with Crippen molar-refractivity contribution in [2.75, 3.05) is 40.3 Å². The number of piperazine rings is 1. The van der Waals surface area contributed by atoms with Crippen LogP contribution in [0.5, 0.6) is 0 Å². The van der Waals surface area contributed by atoms with E-state index in [4.69, 9.17) is 0 Å². The van der Waals surface area contributed by atoms with Crippen molar-refractivity contribution < 1.29 is 13.2 Å². The molecule has 2 rings (SSSR count). The van der Waals surface area contributed by atoms with Crippen molar-refractivity contribution in [2.24, 2.45) is 0 Å². The molecule has 6 nitrogen and oxygen atoms in total. The second-order valence-corrected chi connectivity index (χ2v) is 8.73. The summed E-state index contributed by atoms with van der Waals surface area (Å²) >= 11 is 1.50. The Hall–Kier alpha value is -0.960. The first-order valence-corrected chi connectivity index (χ1v) is 8.98. The number of thiophene rings is 1. The number of rotatable bonds is 3. The Morgan fingerprint density at radius 3 is 2.19 bits per heavy atom. The number of nitrogens with zero attached hydrogens (tertiary/aromatic N) is 3. The molecule has 2 heterocycles. The SMILES string of the molecule is Cc1cc(C(=O)N2CCN(S(=O)(=O)N(C)C)CC2)sc1C. The second-order valence-electron chi connectivity index (χ2n) is 5.33. The predicted molar refractivity (Wildman–Crippen MR) is 83.9 cm³/mol. The van der Waals surface area contributed by atoms with Crippen LogP contribution in [0.2, 0.25) is 0 Å². The van der Waals surface area contributed by atoms with Gasteiger partial charge in [0, 0.05) is 45.2 Å². The van der Waals surface area contributed by atoms with Crippen LogP contribution in [-0.2, 0) is 10.2 Å².